The van der Waals surface area contributed by atoms with Crippen LogP contribution in [0.1, 0.15) is 13.3 Å². The van der Waals surface area contributed by atoms with E-state index in [1.54, 1.807) is 0 Å². The van der Waals surface area contributed by atoms with Crippen molar-refractivity contribution in [1.82, 2.24) is 0 Å². The van der Waals surface area contributed by atoms with Crippen molar-refractivity contribution in [3.05, 3.63) is 0 Å². The van der Waals surface area contributed by atoms with E-state index in [2.05, 4.69) is 6.92 Å². The normalized spacial score (nSPS) is 10.8. The van der Waals surface area contributed by atoms with Crippen LogP contribution < -0.4 is 0 Å². The highest BCUT2D eigenvalue weighted by molar-refractivity contribution is 8.76. The third-order valence-electron chi connectivity index (χ3n) is 0.714. The van der Waals surface area contributed by atoms with Gasteiger partial charge in [-0.05, 0) is 6.42 Å². The first-order chi connectivity index (χ1) is 4.77. The first kappa shape index (κ1) is 11.7. The molecule has 0 radical (unpaired) electrons. The van der Waals surface area contributed by atoms with Gasteiger partial charge in [0.2, 0.25) is 0 Å². The average molecular weight is 237 g/mol. The van der Waals surface area contributed by atoms with Crippen molar-refractivity contribution < 1.29 is 0 Å². The summed E-state index contributed by atoms with van der Waals surface area (Å²) in [5.74, 6) is 2.32. The maximum Gasteiger partial charge on any atom is 0.0863 e. The van der Waals surface area contributed by atoms with Crippen LogP contribution in [0.15, 0.2) is 0 Å². The van der Waals surface area contributed by atoms with Crippen LogP contribution in [-0.2, 0) is 0 Å². The summed E-state index contributed by atoms with van der Waals surface area (Å²) in [5.41, 5.74) is 0. The molecule has 0 saturated carbocycles. The molecule has 0 spiro atoms. The van der Waals surface area contributed by atoms with E-state index in [1.807, 2.05) is 21.6 Å². The van der Waals surface area contributed by atoms with Crippen molar-refractivity contribution >= 4 is 50.7 Å². The maximum atomic E-state index is 5.60. The summed E-state index contributed by atoms with van der Waals surface area (Å²) < 4.78 is 0. The van der Waals surface area contributed by atoms with E-state index in [4.69, 9.17) is 22.5 Å². The Hall–Kier alpha value is 1.71. The van der Waals surface area contributed by atoms with E-state index in [-0.39, 0.29) is 0 Å². The van der Waals surface area contributed by atoms with Crippen LogP contribution in [0.4, 0.5) is 0 Å². The van der Waals surface area contributed by atoms with Crippen molar-refractivity contribution in [2.45, 2.75) is 13.3 Å². The second-order valence-corrected chi connectivity index (χ2v) is 8.39. The van der Waals surface area contributed by atoms with E-state index in [9.17, 15) is 0 Å². The molecule has 0 aliphatic rings. The summed E-state index contributed by atoms with van der Waals surface area (Å²) >= 11 is 11.2. The Bertz CT molecular complexity index is 72.7. The minimum Gasteiger partial charge on any atom is -0.0942 e. The van der Waals surface area contributed by atoms with Gasteiger partial charge in [-0.2, -0.15) is 0 Å². The highest BCUT2D eigenvalue weighted by Gasteiger charge is 1.97. The van der Waals surface area contributed by atoms with Crippen molar-refractivity contribution in [1.29, 1.82) is 0 Å². The smallest absolute Gasteiger partial charge is 0.0863 e. The molecule has 0 aliphatic carbocycles. The zero-order chi connectivity index (χ0) is 7.82. The lowest BCUT2D eigenvalue weighted by Gasteiger charge is -1.98. The zero-order valence-corrected chi connectivity index (χ0v) is 9.89. The molecule has 0 rings (SSSR count). The minimum absolute atomic E-state index is 0.711. The molecule has 0 aliphatic heterocycles. The van der Waals surface area contributed by atoms with Gasteiger partial charge in [0, 0.05) is 17.7 Å². The lowest BCUT2D eigenvalue weighted by Crippen LogP contribution is -1.78. The zero-order valence-electron chi connectivity index (χ0n) is 5.85. The van der Waals surface area contributed by atoms with E-state index in [0.717, 1.165) is 11.9 Å². The molecule has 0 nitrogen and oxygen atoms in total. The Morgan fingerprint density at radius 1 is 1.20 bits per heavy atom. The average Bonchev–Trinajstić information content (AvgIpc) is 1.87. The SMILES string of the molecule is CCCSSCCP(Cl)Cl. The molecule has 0 bridgehead atoms. The summed E-state index contributed by atoms with van der Waals surface area (Å²) in [7, 11) is 3.78. The van der Waals surface area contributed by atoms with Gasteiger partial charge in [-0.1, -0.05) is 51.0 Å². The quantitative estimate of drug-likeness (QED) is 0.377. The highest BCUT2D eigenvalue weighted by atomic mass is 35.9. The molecule has 0 atom stereocenters. The predicted molar refractivity (Wildman–Crippen MR) is 58.7 cm³/mol. The summed E-state index contributed by atoms with van der Waals surface area (Å²) in [6.45, 7) is 1.47. The van der Waals surface area contributed by atoms with E-state index < -0.39 is 6.63 Å². The first-order valence-electron chi connectivity index (χ1n) is 3.11. The molecule has 10 heavy (non-hydrogen) atoms. The molecule has 5 heteroatoms. The fourth-order valence-electron chi connectivity index (χ4n) is 0.307. The van der Waals surface area contributed by atoms with Gasteiger partial charge in [0.25, 0.3) is 0 Å². The molecule has 0 aromatic carbocycles. The minimum atomic E-state index is -0.711. The van der Waals surface area contributed by atoms with Gasteiger partial charge in [-0.25, -0.2) is 0 Å². The van der Waals surface area contributed by atoms with Crippen LogP contribution in [0.3, 0.4) is 0 Å². The molecule has 0 aromatic heterocycles. The molecule has 0 fully saturated rings. The Morgan fingerprint density at radius 2 is 1.80 bits per heavy atom. The molecule has 0 amide bonds. The lowest BCUT2D eigenvalue weighted by atomic mass is 10.6. The molecule has 0 aromatic rings. The van der Waals surface area contributed by atoms with Crippen LogP contribution in [0.2, 0.25) is 0 Å². The third-order valence-corrected chi connectivity index (χ3v) is 5.21. The topological polar surface area (TPSA) is 0 Å². The van der Waals surface area contributed by atoms with Crippen molar-refractivity contribution in [3.63, 3.8) is 0 Å². The first-order valence-corrected chi connectivity index (χ1v) is 8.93. The maximum absolute atomic E-state index is 5.60. The van der Waals surface area contributed by atoms with Gasteiger partial charge in [0.05, 0.1) is 6.63 Å². The summed E-state index contributed by atoms with van der Waals surface area (Å²) in [6, 6.07) is 0. The van der Waals surface area contributed by atoms with Gasteiger partial charge >= 0.3 is 0 Å². The molecule has 62 valence electrons. The van der Waals surface area contributed by atoms with Gasteiger partial charge < -0.3 is 0 Å². The van der Waals surface area contributed by atoms with Gasteiger partial charge in [-0.15, -0.1) is 0 Å². The second-order valence-electron chi connectivity index (χ2n) is 1.67. The predicted octanol–water partition coefficient (Wildman–Crippen LogP) is 4.57. The van der Waals surface area contributed by atoms with Crippen LogP contribution in [0, 0.1) is 0 Å². The third kappa shape index (κ3) is 9.71. The largest absolute Gasteiger partial charge is 0.0942 e. The van der Waals surface area contributed by atoms with Crippen molar-refractivity contribution in [2.24, 2.45) is 0 Å². The molecule has 0 heterocycles. The fraction of sp³-hybridized carbons (Fsp3) is 1.00. The van der Waals surface area contributed by atoms with Crippen LogP contribution in [0.25, 0.3) is 0 Å². The van der Waals surface area contributed by atoms with Gasteiger partial charge in [-0.3, -0.25) is 0 Å². The van der Waals surface area contributed by atoms with E-state index in [1.165, 1.54) is 12.2 Å². The van der Waals surface area contributed by atoms with Crippen molar-refractivity contribution in [3.8, 4) is 0 Å². The molecule has 0 N–H and O–H groups in total. The number of hydrogen-bond donors (Lipinski definition) is 0. The van der Waals surface area contributed by atoms with Gasteiger partial charge in [0.1, 0.15) is 0 Å². The summed E-state index contributed by atoms with van der Waals surface area (Å²) in [6.07, 6.45) is 2.20. The monoisotopic (exact) mass is 236 g/mol. The second kappa shape index (κ2) is 8.80. The number of hydrogen-bond acceptors (Lipinski definition) is 2. The summed E-state index contributed by atoms with van der Waals surface area (Å²) in [5, 5.41) is 0. The Balaban J connectivity index is 2.77. The number of halogens is 2. The molecule has 0 unspecified atom stereocenters. The standard InChI is InChI=1S/C5H11Cl2PS2/c1-2-4-9-10-5-3-8(6)7/h2-5H2,1H3. The lowest BCUT2D eigenvalue weighted by molar-refractivity contribution is 1.11. The van der Waals surface area contributed by atoms with Crippen LogP contribution in [0.5, 0.6) is 0 Å². The van der Waals surface area contributed by atoms with E-state index in [0.29, 0.717) is 0 Å². The Labute approximate surface area is 81.5 Å². The Kier molecular flexibility index (Phi) is 10.3. The molecular weight excluding hydrogens is 226 g/mol. The van der Waals surface area contributed by atoms with Crippen LogP contribution >= 0.6 is 50.7 Å². The van der Waals surface area contributed by atoms with Gasteiger partial charge in [0.15, 0.2) is 0 Å². The van der Waals surface area contributed by atoms with Crippen LogP contribution in [-0.4, -0.2) is 17.7 Å². The van der Waals surface area contributed by atoms with E-state index >= 15 is 0 Å². The molecular formula is C5H11Cl2PS2. The summed E-state index contributed by atoms with van der Waals surface area (Å²) in [4.78, 5) is 0. The van der Waals surface area contributed by atoms with Crippen molar-refractivity contribution in [2.75, 3.05) is 17.7 Å². The Morgan fingerprint density at radius 3 is 2.30 bits per heavy atom. The number of rotatable bonds is 6. The molecule has 0 saturated heterocycles. The highest BCUT2D eigenvalue weighted by Crippen LogP contribution is 2.47. The fourth-order valence-corrected chi connectivity index (χ4v) is 4.68.